The Morgan fingerprint density at radius 1 is 1.47 bits per heavy atom. The zero-order valence-electron chi connectivity index (χ0n) is 10.3. The van der Waals surface area contributed by atoms with Gasteiger partial charge in [0.2, 0.25) is 0 Å². The van der Waals surface area contributed by atoms with Crippen LogP contribution in [0.25, 0.3) is 0 Å². The van der Waals surface area contributed by atoms with E-state index in [2.05, 4.69) is 22.6 Å². The number of carbonyl (C=O) groups is 1. The third-order valence-electron chi connectivity index (χ3n) is 3.02. The Balaban J connectivity index is 2.08. The highest BCUT2D eigenvalue weighted by molar-refractivity contribution is 7.81. The number of hydrazone groups is 1. The molecule has 0 aromatic heterocycles. The van der Waals surface area contributed by atoms with Crippen LogP contribution in [0.4, 0.5) is 5.69 Å². The first-order chi connectivity index (χ1) is 9.11. The number of benzene rings is 1. The lowest BCUT2D eigenvalue weighted by molar-refractivity contribution is -0.138. The Morgan fingerprint density at radius 3 is 2.74 bits per heavy atom. The maximum Gasteiger partial charge on any atom is 0.317 e. The van der Waals surface area contributed by atoms with Crippen molar-refractivity contribution in [3.63, 3.8) is 0 Å². The molecular formula is C12H16N4O2S. The number of anilines is 1. The minimum atomic E-state index is -0.838. The van der Waals surface area contributed by atoms with Crippen molar-refractivity contribution in [1.29, 1.82) is 0 Å². The molecule has 7 heteroatoms. The highest BCUT2D eigenvalue weighted by Gasteiger charge is 2.30. The number of aliphatic carboxylic acids is 1. The topological polar surface area (TPSA) is 82.2 Å². The van der Waals surface area contributed by atoms with Gasteiger partial charge in [-0.2, -0.15) is 5.10 Å². The summed E-state index contributed by atoms with van der Waals surface area (Å²) in [7, 11) is 0. The van der Waals surface area contributed by atoms with E-state index < -0.39 is 5.97 Å². The number of nitrogens with zero attached hydrogens (tertiary/aromatic N) is 3. The van der Waals surface area contributed by atoms with Crippen LogP contribution >= 0.6 is 12.6 Å². The van der Waals surface area contributed by atoms with Crippen molar-refractivity contribution >= 4 is 30.5 Å². The van der Waals surface area contributed by atoms with Crippen molar-refractivity contribution in [3.8, 4) is 0 Å². The molecule has 0 amide bonds. The van der Waals surface area contributed by atoms with Gasteiger partial charge >= 0.3 is 5.97 Å². The van der Waals surface area contributed by atoms with Crippen LogP contribution in [0.1, 0.15) is 5.56 Å². The van der Waals surface area contributed by atoms with E-state index in [1.54, 1.807) is 11.1 Å². The Kier molecular flexibility index (Phi) is 4.28. The van der Waals surface area contributed by atoms with E-state index in [0.29, 0.717) is 6.54 Å². The highest BCUT2D eigenvalue weighted by atomic mass is 32.1. The van der Waals surface area contributed by atoms with Crippen LogP contribution in [-0.4, -0.2) is 47.3 Å². The fourth-order valence-corrected chi connectivity index (χ4v) is 2.54. The second kappa shape index (κ2) is 5.94. The van der Waals surface area contributed by atoms with Gasteiger partial charge in [0.25, 0.3) is 0 Å². The van der Waals surface area contributed by atoms with Gasteiger partial charge in [-0.25, -0.2) is 0 Å². The summed E-state index contributed by atoms with van der Waals surface area (Å²) in [5.41, 5.74) is 1.70. The molecule has 0 aliphatic carbocycles. The largest absolute Gasteiger partial charge is 0.480 e. The van der Waals surface area contributed by atoms with Gasteiger partial charge < -0.3 is 15.8 Å². The second-order valence-corrected chi connectivity index (χ2v) is 4.74. The summed E-state index contributed by atoms with van der Waals surface area (Å²) in [6.45, 7) is 1.45. The number of carboxylic acids is 1. The lowest BCUT2D eigenvalue weighted by Gasteiger charge is -2.26. The zero-order chi connectivity index (χ0) is 13.8. The van der Waals surface area contributed by atoms with E-state index in [4.69, 9.17) is 10.9 Å². The molecule has 1 heterocycles. The molecule has 19 heavy (non-hydrogen) atoms. The van der Waals surface area contributed by atoms with E-state index in [0.717, 1.165) is 17.8 Å². The van der Waals surface area contributed by atoms with Crippen LogP contribution in [0.2, 0.25) is 0 Å². The minimum absolute atomic E-state index is 0.00256. The molecular weight excluding hydrogens is 264 g/mol. The van der Waals surface area contributed by atoms with E-state index in [1.165, 1.54) is 0 Å². The molecule has 102 valence electrons. The van der Waals surface area contributed by atoms with E-state index >= 15 is 0 Å². The van der Waals surface area contributed by atoms with Crippen LogP contribution in [0, 0.1) is 0 Å². The monoisotopic (exact) mass is 280 g/mol. The van der Waals surface area contributed by atoms with Crippen LogP contribution in [0.3, 0.4) is 0 Å². The Labute approximate surface area is 116 Å². The smallest absolute Gasteiger partial charge is 0.317 e. The summed E-state index contributed by atoms with van der Waals surface area (Å²) in [5, 5.41) is 12.3. The molecule has 0 saturated carbocycles. The normalized spacial score (nSPS) is 20.3. The van der Waals surface area contributed by atoms with Gasteiger partial charge in [-0.15, -0.1) is 12.6 Å². The second-order valence-electron chi connectivity index (χ2n) is 4.27. The standard InChI is InChI=1S/C12H16N4O2S/c13-14-7-9-1-3-10(4-2-9)16-6-5-15(12(16)19)8-11(17)18/h1-4,7,12,19H,5-6,8,13H2,(H,17,18). The summed E-state index contributed by atoms with van der Waals surface area (Å²) < 4.78 is 0. The van der Waals surface area contributed by atoms with Crippen molar-refractivity contribution in [2.45, 2.75) is 5.50 Å². The van der Waals surface area contributed by atoms with Crippen molar-refractivity contribution in [2.75, 3.05) is 24.5 Å². The average Bonchev–Trinajstić information content (AvgIpc) is 2.72. The van der Waals surface area contributed by atoms with Gasteiger partial charge in [0.15, 0.2) is 0 Å². The van der Waals surface area contributed by atoms with Crippen LogP contribution in [-0.2, 0) is 4.79 Å². The van der Waals surface area contributed by atoms with Crippen molar-refractivity contribution in [2.24, 2.45) is 10.9 Å². The number of thiol groups is 1. The quantitative estimate of drug-likeness (QED) is 0.322. The number of hydrogen-bond donors (Lipinski definition) is 3. The van der Waals surface area contributed by atoms with E-state index in [1.807, 2.05) is 24.3 Å². The SMILES string of the molecule is NN=Cc1ccc(N2CCN(CC(=O)O)C2S)cc1. The summed E-state index contributed by atoms with van der Waals surface area (Å²) in [4.78, 5) is 14.6. The number of nitrogens with two attached hydrogens (primary N) is 1. The van der Waals surface area contributed by atoms with Gasteiger partial charge in [-0.3, -0.25) is 9.69 Å². The summed E-state index contributed by atoms with van der Waals surface area (Å²) in [6, 6.07) is 7.72. The zero-order valence-corrected chi connectivity index (χ0v) is 11.2. The maximum atomic E-state index is 10.7. The van der Waals surface area contributed by atoms with Gasteiger partial charge in [-0.1, -0.05) is 12.1 Å². The van der Waals surface area contributed by atoms with Gasteiger partial charge in [0, 0.05) is 18.8 Å². The first kappa shape index (κ1) is 13.7. The predicted molar refractivity (Wildman–Crippen MR) is 77.6 cm³/mol. The molecule has 2 rings (SSSR count). The van der Waals surface area contributed by atoms with E-state index in [9.17, 15) is 4.79 Å². The summed E-state index contributed by atoms with van der Waals surface area (Å²) in [5.74, 6) is 4.25. The Bertz CT molecular complexity index is 477. The molecule has 0 bridgehead atoms. The molecule has 1 aromatic carbocycles. The predicted octanol–water partition coefficient (Wildman–Crippen LogP) is 0.399. The highest BCUT2D eigenvalue weighted by Crippen LogP contribution is 2.25. The fourth-order valence-electron chi connectivity index (χ4n) is 2.10. The first-order valence-electron chi connectivity index (χ1n) is 5.85. The van der Waals surface area contributed by atoms with Crippen LogP contribution in [0.5, 0.6) is 0 Å². The fraction of sp³-hybridized carbons (Fsp3) is 0.333. The minimum Gasteiger partial charge on any atom is -0.480 e. The molecule has 0 spiro atoms. The van der Waals surface area contributed by atoms with Gasteiger partial charge in [0.05, 0.1) is 12.8 Å². The van der Waals surface area contributed by atoms with E-state index in [-0.39, 0.29) is 12.0 Å². The lowest BCUT2D eigenvalue weighted by Crippen LogP contribution is -2.37. The molecule has 1 aliphatic rings. The molecule has 6 nitrogen and oxygen atoms in total. The van der Waals surface area contributed by atoms with Crippen molar-refractivity contribution < 1.29 is 9.90 Å². The van der Waals surface area contributed by atoms with Crippen LogP contribution < -0.4 is 10.7 Å². The molecule has 1 fully saturated rings. The molecule has 1 aromatic rings. The third kappa shape index (κ3) is 3.18. The first-order valence-corrected chi connectivity index (χ1v) is 6.37. The average molecular weight is 280 g/mol. The Hall–Kier alpha value is -1.73. The number of hydrogen-bond acceptors (Lipinski definition) is 6. The van der Waals surface area contributed by atoms with Gasteiger partial charge in [0.1, 0.15) is 5.50 Å². The van der Waals surface area contributed by atoms with Gasteiger partial charge in [-0.05, 0) is 17.7 Å². The molecule has 0 radical (unpaired) electrons. The number of rotatable bonds is 4. The number of carboxylic acid groups (broad SMARTS) is 1. The molecule has 1 saturated heterocycles. The summed E-state index contributed by atoms with van der Waals surface area (Å²) in [6.07, 6.45) is 1.57. The molecule has 3 N–H and O–H groups in total. The maximum absolute atomic E-state index is 10.7. The van der Waals surface area contributed by atoms with Crippen molar-refractivity contribution in [1.82, 2.24) is 4.90 Å². The Morgan fingerprint density at radius 2 is 2.16 bits per heavy atom. The summed E-state index contributed by atoms with van der Waals surface area (Å²) >= 11 is 4.48. The van der Waals surface area contributed by atoms with Crippen LogP contribution in [0.15, 0.2) is 29.4 Å². The molecule has 1 unspecified atom stereocenters. The lowest BCUT2D eigenvalue weighted by atomic mass is 10.2. The molecule has 1 aliphatic heterocycles. The molecule has 1 atom stereocenters. The third-order valence-corrected chi connectivity index (χ3v) is 3.63. The van der Waals surface area contributed by atoms with Crippen molar-refractivity contribution in [3.05, 3.63) is 29.8 Å².